The number of ether oxygens (including phenoxy) is 1. The fourth-order valence-electron chi connectivity index (χ4n) is 2.41. The molecule has 0 saturated heterocycles. The van der Waals surface area contributed by atoms with Crippen LogP contribution in [-0.4, -0.2) is 6.10 Å². The second kappa shape index (κ2) is 8.79. The Balaban J connectivity index is 2.43. The van der Waals surface area contributed by atoms with Gasteiger partial charge in [-0.25, -0.2) is 0 Å². The van der Waals surface area contributed by atoms with Crippen molar-refractivity contribution < 1.29 is 4.74 Å². The lowest BCUT2D eigenvalue weighted by Crippen LogP contribution is -2.17. The summed E-state index contributed by atoms with van der Waals surface area (Å²) in [6, 6.07) is 8.15. The molecule has 1 rings (SSSR count). The number of hydrogen-bond acceptors (Lipinski definition) is 1. The van der Waals surface area contributed by atoms with Crippen molar-refractivity contribution in [2.24, 2.45) is 5.92 Å². The first-order valence-corrected chi connectivity index (χ1v) is 7.58. The van der Waals surface area contributed by atoms with Gasteiger partial charge in [-0.3, -0.25) is 0 Å². The Bertz CT molecular complexity index is 352. The number of hydrogen-bond donors (Lipinski definition) is 0. The van der Waals surface area contributed by atoms with Crippen molar-refractivity contribution in [2.75, 3.05) is 0 Å². The fourth-order valence-corrected chi connectivity index (χ4v) is 2.41. The molecular weight excluding hydrogens is 232 g/mol. The van der Waals surface area contributed by atoms with Crippen LogP contribution in [0.4, 0.5) is 0 Å². The zero-order valence-corrected chi connectivity index (χ0v) is 12.7. The Morgan fingerprint density at radius 2 is 1.89 bits per heavy atom. The van der Waals surface area contributed by atoms with E-state index in [1.165, 1.54) is 25.7 Å². The molecule has 2 unspecified atom stereocenters. The zero-order chi connectivity index (χ0) is 14.1. The van der Waals surface area contributed by atoms with Gasteiger partial charge >= 0.3 is 0 Å². The summed E-state index contributed by atoms with van der Waals surface area (Å²) in [5.41, 5.74) is 1.13. The molecule has 1 aromatic rings. The molecule has 0 aliphatic heterocycles. The molecule has 1 aromatic carbocycles. The van der Waals surface area contributed by atoms with Gasteiger partial charge in [0.2, 0.25) is 0 Å². The summed E-state index contributed by atoms with van der Waals surface area (Å²) < 4.78 is 5.99. The molecule has 0 aromatic heterocycles. The minimum atomic E-state index is 0.288. The summed E-state index contributed by atoms with van der Waals surface area (Å²) >= 11 is 0. The number of benzene rings is 1. The predicted octanol–water partition coefficient (Wildman–Crippen LogP) is 5.70. The molecule has 0 radical (unpaired) electrons. The third-order valence-electron chi connectivity index (χ3n) is 3.66. The molecule has 0 spiro atoms. The average molecular weight is 260 g/mol. The van der Waals surface area contributed by atoms with Gasteiger partial charge in [0, 0.05) is 0 Å². The van der Waals surface area contributed by atoms with Crippen LogP contribution in [0.3, 0.4) is 0 Å². The van der Waals surface area contributed by atoms with Crippen LogP contribution in [0.2, 0.25) is 0 Å². The van der Waals surface area contributed by atoms with E-state index < -0.39 is 0 Å². The van der Waals surface area contributed by atoms with Crippen molar-refractivity contribution in [3.63, 3.8) is 0 Å². The quantitative estimate of drug-likeness (QED) is 0.553. The van der Waals surface area contributed by atoms with Crippen LogP contribution in [0.25, 0.3) is 6.08 Å². The summed E-state index contributed by atoms with van der Waals surface area (Å²) in [6.45, 7) is 10.5. The highest BCUT2D eigenvalue weighted by Crippen LogP contribution is 2.22. The van der Waals surface area contributed by atoms with Gasteiger partial charge in [-0.05, 0) is 37.0 Å². The van der Waals surface area contributed by atoms with E-state index in [1.54, 1.807) is 0 Å². The highest BCUT2D eigenvalue weighted by atomic mass is 16.5. The van der Waals surface area contributed by atoms with Gasteiger partial charge < -0.3 is 4.74 Å². The van der Waals surface area contributed by atoms with Crippen LogP contribution in [-0.2, 0) is 0 Å². The second-order valence-electron chi connectivity index (χ2n) is 5.35. The minimum Gasteiger partial charge on any atom is -0.491 e. The molecule has 106 valence electrons. The molecule has 19 heavy (non-hydrogen) atoms. The van der Waals surface area contributed by atoms with E-state index in [1.807, 2.05) is 30.3 Å². The van der Waals surface area contributed by atoms with Crippen molar-refractivity contribution in [3.8, 4) is 5.75 Å². The van der Waals surface area contributed by atoms with Gasteiger partial charge in [-0.2, -0.15) is 0 Å². The summed E-state index contributed by atoms with van der Waals surface area (Å²) in [5, 5.41) is 0. The highest BCUT2D eigenvalue weighted by molar-refractivity contribution is 5.48. The van der Waals surface area contributed by atoms with E-state index in [4.69, 9.17) is 4.74 Å². The lowest BCUT2D eigenvalue weighted by Gasteiger charge is -2.21. The molecule has 2 atom stereocenters. The Labute approximate surface area is 118 Å². The molecular formula is C18H28O. The van der Waals surface area contributed by atoms with Gasteiger partial charge in [0.05, 0.1) is 6.10 Å². The Morgan fingerprint density at radius 1 is 1.21 bits per heavy atom. The zero-order valence-electron chi connectivity index (χ0n) is 12.7. The first kappa shape index (κ1) is 15.8. The van der Waals surface area contributed by atoms with Crippen LogP contribution in [0.15, 0.2) is 30.8 Å². The number of unbranched alkanes of at least 4 members (excludes halogenated alkanes) is 1. The van der Waals surface area contributed by atoms with Gasteiger partial charge in [0.1, 0.15) is 5.75 Å². The second-order valence-corrected chi connectivity index (χ2v) is 5.35. The first-order chi connectivity index (χ1) is 9.19. The Kier molecular flexibility index (Phi) is 7.32. The SMILES string of the molecule is C=Cc1ccc(OC(C)CC(CC)CCCC)cc1. The van der Waals surface area contributed by atoms with Crippen molar-refractivity contribution >= 4 is 6.08 Å². The van der Waals surface area contributed by atoms with Crippen LogP contribution < -0.4 is 4.74 Å². The molecule has 1 nitrogen and oxygen atoms in total. The van der Waals surface area contributed by atoms with Crippen molar-refractivity contribution in [1.82, 2.24) is 0 Å². The molecule has 0 saturated carbocycles. The fraction of sp³-hybridized carbons (Fsp3) is 0.556. The molecule has 0 fully saturated rings. The largest absolute Gasteiger partial charge is 0.491 e. The first-order valence-electron chi connectivity index (χ1n) is 7.58. The Morgan fingerprint density at radius 3 is 2.42 bits per heavy atom. The molecule has 0 aliphatic rings. The van der Waals surface area contributed by atoms with Crippen molar-refractivity contribution in [2.45, 2.75) is 59.0 Å². The van der Waals surface area contributed by atoms with E-state index in [0.717, 1.165) is 23.7 Å². The third kappa shape index (κ3) is 5.96. The topological polar surface area (TPSA) is 9.23 Å². The average Bonchev–Trinajstić information content (AvgIpc) is 2.44. The van der Waals surface area contributed by atoms with E-state index in [9.17, 15) is 0 Å². The summed E-state index contributed by atoms with van der Waals surface area (Å²) in [6.07, 6.45) is 8.49. The summed E-state index contributed by atoms with van der Waals surface area (Å²) in [5.74, 6) is 1.76. The number of rotatable bonds is 9. The molecule has 0 amide bonds. The maximum atomic E-state index is 5.99. The van der Waals surface area contributed by atoms with Crippen molar-refractivity contribution in [1.29, 1.82) is 0 Å². The summed E-state index contributed by atoms with van der Waals surface area (Å²) in [7, 11) is 0. The molecule has 1 heteroatoms. The van der Waals surface area contributed by atoms with E-state index in [2.05, 4.69) is 27.4 Å². The highest BCUT2D eigenvalue weighted by Gasteiger charge is 2.12. The van der Waals surface area contributed by atoms with Crippen LogP contribution in [0.1, 0.15) is 58.4 Å². The van der Waals surface area contributed by atoms with Crippen LogP contribution in [0, 0.1) is 5.92 Å². The van der Waals surface area contributed by atoms with Gasteiger partial charge in [-0.1, -0.05) is 64.3 Å². The van der Waals surface area contributed by atoms with E-state index in [0.29, 0.717) is 0 Å². The molecule has 0 N–H and O–H groups in total. The lowest BCUT2D eigenvalue weighted by molar-refractivity contribution is 0.179. The normalized spacial score (nSPS) is 13.8. The predicted molar refractivity (Wildman–Crippen MR) is 84.5 cm³/mol. The van der Waals surface area contributed by atoms with Gasteiger partial charge in [0.25, 0.3) is 0 Å². The molecule has 0 heterocycles. The summed E-state index contributed by atoms with van der Waals surface area (Å²) in [4.78, 5) is 0. The smallest absolute Gasteiger partial charge is 0.119 e. The molecule has 0 aliphatic carbocycles. The van der Waals surface area contributed by atoms with Gasteiger partial charge in [-0.15, -0.1) is 0 Å². The van der Waals surface area contributed by atoms with Crippen LogP contribution >= 0.6 is 0 Å². The van der Waals surface area contributed by atoms with Crippen LogP contribution in [0.5, 0.6) is 5.75 Å². The standard InChI is InChI=1S/C18H28O/c1-5-8-9-17(7-3)14-15(4)19-18-12-10-16(6-2)11-13-18/h6,10-13,15,17H,2,5,7-9,14H2,1,3-4H3. The van der Waals surface area contributed by atoms with E-state index in [-0.39, 0.29) is 6.10 Å². The lowest BCUT2D eigenvalue weighted by atomic mass is 9.93. The third-order valence-corrected chi connectivity index (χ3v) is 3.66. The minimum absolute atomic E-state index is 0.288. The van der Waals surface area contributed by atoms with E-state index >= 15 is 0 Å². The monoisotopic (exact) mass is 260 g/mol. The Hall–Kier alpha value is -1.24. The van der Waals surface area contributed by atoms with Gasteiger partial charge in [0.15, 0.2) is 0 Å². The molecule has 0 bridgehead atoms. The van der Waals surface area contributed by atoms with Crippen molar-refractivity contribution in [3.05, 3.63) is 36.4 Å². The maximum absolute atomic E-state index is 5.99. The maximum Gasteiger partial charge on any atom is 0.119 e.